The maximum Gasteiger partial charge on any atom is 0.303 e. The van der Waals surface area contributed by atoms with Crippen molar-refractivity contribution in [1.82, 2.24) is 15.2 Å². The van der Waals surface area contributed by atoms with Crippen LogP contribution in [-0.4, -0.2) is 46.5 Å². The summed E-state index contributed by atoms with van der Waals surface area (Å²) in [6.07, 6.45) is 2.69. The minimum Gasteiger partial charge on any atom is -0.481 e. The second kappa shape index (κ2) is 9.03. The van der Waals surface area contributed by atoms with Crippen molar-refractivity contribution < 1.29 is 14.7 Å². The van der Waals surface area contributed by atoms with Crippen molar-refractivity contribution in [2.45, 2.75) is 32.2 Å². The molecule has 1 aromatic heterocycles. The Morgan fingerprint density at radius 1 is 1.21 bits per heavy atom. The summed E-state index contributed by atoms with van der Waals surface area (Å²) in [5.41, 5.74) is 2.92. The van der Waals surface area contributed by atoms with E-state index in [1.165, 1.54) is 10.6 Å². The summed E-state index contributed by atoms with van der Waals surface area (Å²) in [7, 11) is 0. The number of likely N-dealkylation sites (tertiary alicyclic amines) is 1. The van der Waals surface area contributed by atoms with Crippen LogP contribution in [0.1, 0.15) is 40.2 Å². The number of aromatic nitrogens is 1. The molecule has 0 radical (unpaired) electrons. The molecule has 3 heterocycles. The number of fused-ring (bicyclic) bond motifs is 1. The molecule has 0 aliphatic carbocycles. The fourth-order valence-corrected chi connectivity index (χ4v) is 4.86. The summed E-state index contributed by atoms with van der Waals surface area (Å²) in [6.45, 7) is 3.13. The number of halogens is 1. The number of nitrogens with zero attached hydrogens (tertiary/aromatic N) is 2. The van der Waals surface area contributed by atoms with Gasteiger partial charge in [-0.15, -0.1) is 23.7 Å². The number of aliphatic carboxylic acids is 1. The molecule has 0 atom stereocenters. The van der Waals surface area contributed by atoms with E-state index in [2.05, 4.69) is 5.32 Å². The maximum atomic E-state index is 12.7. The van der Waals surface area contributed by atoms with Crippen molar-refractivity contribution >= 4 is 35.6 Å². The topological polar surface area (TPSA) is 82.5 Å². The van der Waals surface area contributed by atoms with Gasteiger partial charge in [0.05, 0.1) is 5.69 Å². The Morgan fingerprint density at radius 3 is 2.57 bits per heavy atom. The lowest BCUT2D eigenvalue weighted by molar-refractivity contribution is -0.138. The number of piperidine rings is 1. The van der Waals surface area contributed by atoms with Crippen LogP contribution in [0.4, 0.5) is 0 Å². The molecular formula is C20H24ClN3O3S. The first-order valence-electron chi connectivity index (χ1n) is 9.41. The third-order valence-corrected chi connectivity index (χ3v) is 6.49. The standard InChI is InChI=1S/C20H23N3O3S.ClH/c24-18(25)11-13-6-9-23(10-7-13)20(26)15-3-1-14(2-4-15)19-22-16-5-8-21-12-17(16)27-19;/h1-4,13,21H,5-12H2,(H,24,25);1H. The van der Waals surface area contributed by atoms with Crippen LogP contribution >= 0.6 is 23.7 Å². The lowest BCUT2D eigenvalue weighted by atomic mass is 9.93. The number of benzene rings is 1. The van der Waals surface area contributed by atoms with Gasteiger partial charge in [-0.3, -0.25) is 9.59 Å². The normalized spacial score (nSPS) is 16.9. The summed E-state index contributed by atoms with van der Waals surface area (Å²) < 4.78 is 0. The number of carbonyl (C=O) groups excluding carboxylic acids is 1. The Bertz CT molecular complexity index is 821. The van der Waals surface area contributed by atoms with Gasteiger partial charge in [0.15, 0.2) is 0 Å². The van der Waals surface area contributed by atoms with Crippen LogP contribution in [0.25, 0.3) is 10.6 Å². The smallest absolute Gasteiger partial charge is 0.303 e. The molecule has 1 fully saturated rings. The van der Waals surface area contributed by atoms with Crippen LogP contribution < -0.4 is 5.32 Å². The quantitative estimate of drug-likeness (QED) is 0.792. The predicted octanol–water partition coefficient (Wildman–Crippen LogP) is 3.20. The van der Waals surface area contributed by atoms with Crippen LogP contribution in [0.3, 0.4) is 0 Å². The molecule has 28 heavy (non-hydrogen) atoms. The first kappa shape index (κ1) is 20.8. The minimum absolute atomic E-state index is 0. The second-order valence-electron chi connectivity index (χ2n) is 7.23. The molecule has 0 bridgehead atoms. The molecule has 1 amide bonds. The molecular weight excluding hydrogens is 398 g/mol. The fraction of sp³-hybridized carbons (Fsp3) is 0.450. The van der Waals surface area contributed by atoms with Gasteiger partial charge in [0.25, 0.3) is 5.91 Å². The molecule has 8 heteroatoms. The molecule has 2 N–H and O–H groups in total. The number of hydrogen-bond donors (Lipinski definition) is 2. The third-order valence-electron chi connectivity index (χ3n) is 5.35. The van der Waals surface area contributed by atoms with Crippen molar-refractivity contribution in [1.29, 1.82) is 0 Å². The number of thiazole rings is 1. The average molecular weight is 422 g/mol. The monoisotopic (exact) mass is 421 g/mol. The van der Waals surface area contributed by atoms with E-state index in [4.69, 9.17) is 10.1 Å². The van der Waals surface area contributed by atoms with E-state index in [9.17, 15) is 9.59 Å². The van der Waals surface area contributed by atoms with E-state index in [0.717, 1.165) is 42.9 Å². The third kappa shape index (κ3) is 4.54. The zero-order chi connectivity index (χ0) is 18.8. The summed E-state index contributed by atoms with van der Waals surface area (Å²) in [6, 6.07) is 7.70. The van der Waals surface area contributed by atoms with Gasteiger partial charge < -0.3 is 15.3 Å². The first-order chi connectivity index (χ1) is 13.1. The Morgan fingerprint density at radius 2 is 1.93 bits per heavy atom. The van der Waals surface area contributed by atoms with Crippen molar-refractivity contribution in [3.63, 3.8) is 0 Å². The number of hydrogen-bond acceptors (Lipinski definition) is 5. The fourth-order valence-electron chi connectivity index (χ4n) is 3.77. The van der Waals surface area contributed by atoms with Gasteiger partial charge in [-0.05, 0) is 30.9 Å². The number of carboxylic acid groups (broad SMARTS) is 1. The molecule has 6 nitrogen and oxygen atoms in total. The van der Waals surface area contributed by atoms with Gasteiger partial charge in [0.1, 0.15) is 5.01 Å². The maximum absolute atomic E-state index is 12.7. The summed E-state index contributed by atoms with van der Waals surface area (Å²) in [5.74, 6) is -0.549. The van der Waals surface area contributed by atoms with E-state index in [1.807, 2.05) is 29.2 Å². The number of carbonyl (C=O) groups is 2. The highest BCUT2D eigenvalue weighted by Crippen LogP contribution is 2.30. The zero-order valence-electron chi connectivity index (χ0n) is 15.5. The van der Waals surface area contributed by atoms with Crippen molar-refractivity contribution in [3.8, 4) is 10.6 Å². The second-order valence-corrected chi connectivity index (χ2v) is 8.31. The van der Waals surface area contributed by atoms with Crippen LogP contribution in [0.5, 0.6) is 0 Å². The number of nitrogens with one attached hydrogen (secondary N) is 1. The average Bonchev–Trinajstić information content (AvgIpc) is 3.12. The Balaban J connectivity index is 0.00000225. The van der Waals surface area contributed by atoms with Crippen molar-refractivity contribution in [2.24, 2.45) is 5.92 Å². The predicted molar refractivity (Wildman–Crippen MR) is 111 cm³/mol. The van der Waals surface area contributed by atoms with Gasteiger partial charge in [-0.25, -0.2) is 4.98 Å². The van der Waals surface area contributed by atoms with Crippen LogP contribution in [-0.2, 0) is 17.8 Å². The van der Waals surface area contributed by atoms with E-state index >= 15 is 0 Å². The minimum atomic E-state index is -0.755. The van der Waals surface area contributed by atoms with Gasteiger partial charge in [-0.1, -0.05) is 12.1 Å². The Kier molecular flexibility index (Phi) is 6.69. The molecule has 150 valence electrons. The lowest BCUT2D eigenvalue weighted by Crippen LogP contribution is -2.38. The molecule has 2 aliphatic rings. The number of carboxylic acids is 1. The summed E-state index contributed by atoms with van der Waals surface area (Å²) in [5, 5.41) is 13.3. The van der Waals surface area contributed by atoms with Gasteiger partial charge in [0.2, 0.25) is 0 Å². The first-order valence-corrected chi connectivity index (χ1v) is 10.2. The van der Waals surface area contributed by atoms with Gasteiger partial charge in [0, 0.05) is 55.0 Å². The van der Waals surface area contributed by atoms with Crippen molar-refractivity contribution in [3.05, 3.63) is 40.4 Å². The van der Waals surface area contributed by atoms with E-state index < -0.39 is 5.97 Å². The number of amides is 1. The molecule has 1 saturated heterocycles. The zero-order valence-corrected chi connectivity index (χ0v) is 17.2. The molecule has 0 saturated carbocycles. The molecule has 0 unspecified atom stereocenters. The Labute approximate surface area is 174 Å². The highest BCUT2D eigenvalue weighted by atomic mass is 35.5. The molecule has 1 aromatic carbocycles. The van der Waals surface area contributed by atoms with E-state index in [-0.39, 0.29) is 30.7 Å². The highest BCUT2D eigenvalue weighted by molar-refractivity contribution is 7.15. The summed E-state index contributed by atoms with van der Waals surface area (Å²) >= 11 is 1.72. The molecule has 4 rings (SSSR count). The highest BCUT2D eigenvalue weighted by Gasteiger charge is 2.25. The largest absolute Gasteiger partial charge is 0.481 e. The van der Waals surface area contributed by atoms with Gasteiger partial charge in [-0.2, -0.15) is 0 Å². The molecule has 0 spiro atoms. The molecule has 2 aliphatic heterocycles. The van der Waals surface area contributed by atoms with E-state index in [0.29, 0.717) is 18.7 Å². The lowest BCUT2D eigenvalue weighted by Gasteiger charge is -2.31. The number of rotatable bonds is 4. The van der Waals surface area contributed by atoms with Gasteiger partial charge >= 0.3 is 5.97 Å². The van der Waals surface area contributed by atoms with Crippen LogP contribution in [0, 0.1) is 5.92 Å². The van der Waals surface area contributed by atoms with E-state index in [1.54, 1.807) is 11.3 Å². The SMILES string of the molecule is Cl.O=C(O)CC1CCN(C(=O)c2ccc(-c3nc4c(s3)CNCC4)cc2)CC1. The van der Waals surface area contributed by atoms with Crippen molar-refractivity contribution in [2.75, 3.05) is 19.6 Å². The Hall–Kier alpha value is -1.96. The van der Waals surface area contributed by atoms with Crippen LogP contribution in [0.15, 0.2) is 24.3 Å². The molecule has 2 aromatic rings. The van der Waals surface area contributed by atoms with Crippen LogP contribution in [0.2, 0.25) is 0 Å². The summed E-state index contributed by atoms with van der Waals surface area (Å²) in [4.78, 5) is 31.4.